The van der Waals surface area contributed by atoms with E-state index >= 15 is 0 Å². The Labute approximate surface area is 106 Å². The minimum atomic E-state index is 0.499. The number of hydrogen-bond donors (Lipinski definition) is 1. The van der Waals surface area contributed by atoms with Gasteiger partial charge in [-0.3, -0.25) is 0 Å². The SMILES string of the molecule is CCN(CCNC(C)C)c1ccc2nnnn2n1. The van der Waals surface area contributed by atoms with Gasteiger partial charge in [-0.1, -0.05) is 13.8 Å². The molecule has 98 valence electrons. The molecule has 0 fully saturated rings. The number of anilines is 1. The Morgan fingerprint density at radius 2 is 2.22 bits per heavy atom. The van der Waals surface area contributed by atoms with Gasteiger partial charge in [0, 0.05) is 25.7 Å². The average Bonchev–Trinajstić information content (AvgIpc) is 2.81. The fourth-order valence-electron chi connectivity index (χ4n) is 1.73. The van der Waals surface area contributed by atoms with Crippen LogP contribution in [0.5, 0.6) is 0 Å². The predicted molar refractivity (Wildman–Crippen MR) is 69.6 cm³/mol. The molecule has 0 aliphatic carbocycles. The highest BCUT2D eigenvalue weighted by Gasteiger charge is 2.08. The van der Waals surface area contributed by atoms with E-state index in [1.54, 1.807) is 0 Å². The first-order valence-corrected chi connectivity index (χ1v) is 6.24. The van der Waals surface area contributed by atoms with Crippen LogP contribution in [0.1, 0.15) is 20.8 Å². The number of nitrogens with zero attached hydrogens (tertiary/aromatic N) is 6. The Kier molecular flexibility index (Phi) is 4.03. The summed E-state index contributed by atoms with van der Waals surface area (Å²) < 4.78 is 1.45. The molecule has 0 aliphatic heterocycles. The molecule has 2 rings (SSSR count). The van der Waals surface area contributed by atoms with E-state index in [-0.39, 0.29) is 0 Å². The molecule has 7 heteroatoms. The van der Waals surface area contributed by atoms with Gasteiger partial charge in [-0.2, -0.15) is 0 Å². The Bertz CT molecular complexity index is 493. The molecule has 0 saturated carbocycles. The standard InChI is InChI=1S/C11H19N7/c1-4-17(8-7-12-9(2)3)11-6-5-10-13-15-16-18(10)14-11/h5-6,9,12H,4,7-8H2,1-3H3. The number of aromatic nitrogens is 5. The maximum absolute atomic E-state index is 4.38. The molecule has 0 amide bonds. The van der Waals surface area contributed by atoms with Crippen LogP contribution in [0.2, 0.25) is 0 Å². The third-order valence-corrected chi connectivity index (χ3v) is 2.70. The van der Waals surface area contributed by atoms with Gasteiger partial charge < -0.3 is 10.2 Å². The maximum atomic E-state index is 4.38. The molecule has 1 N–H and O–H groups in total. The van der Waals surface area contributed by atoms with Crippen LogP contribution in [0.25, 0.3) is 5.65 Å². The number of fused-ring (bicyclic) bond motifs is 1. The van der Waals surface area contributed by atoms with E-state index in [0.717, 1.165) is 25.5 Å². The molecule has 0 aliphatic rings. The van der Waals surface area contributed by atoms with Crippen molar-refractivity contribution in [2.45, 2.75) is 26.8 Å². The van der Waals surface area contributed by atoms with Gasteiger partial charge in [-0.15, -0.1) is 14.8 Å². The van der Waals surface area contributed by atoms with Crippen molar-refractivity contribution in [2.24, 2.45) is 0 Å². The van der Waals surface area contributed by atoms with Crippen LogP contribution in [0.3, 0.4) is 0 Å². The maximum Gasteiger partial charge on any atom is 0.200 e. The molecule has 2 aromatic rings. The number of tetrazole rings is 1. The van der Waals surface area contributed by atoms with Gasteiger partial charge in [0.2, 0.25) is 0 Å². The van der Waals surface area contributed by atoms with Crippen molar-refractivity contribution in [1.82, 2.24) is 30.6 Å². The van der Waals surface area contributed by atoms with Crippen molar-refractivity contribution in [3.8, 4) is 0 Å². The quantitative estimate of drug-likeness (QED) is 0.796. The minimum absolute atomic E-state index is 0.499. The summed E-state index contributed by atoms with van der Waals surface area (Å²) >= 11 is 0. The van der Waals surface area contributed by atoms with Gasteiger partial charge in [0.1, 0.15) is 0 Å². The van der Waals surface area contributed by atoms with Gasteiger partial charge in [0.05, 0.1) is 0 Å². The molecule has 2 heterocycles. The van der Waals surface area contributed by atoms with Gasteiger partial charge in [0.15, 0.2) is 11.5 Å². The number of likely N-dealkylation sites (N-methyl/N-ethyl adjacent to an activating group) is 1. The molecule has 0 spiro atoms. The van der Waals surface area contributed by atoms with Crippen molar-refractivity contribution < 1.29 is 0 Å². The zero-order chi connectivity index (χ0) is 13.0. The van der Waals surface area contributed by atoms with Gasteiger partial charge in [-0.25, -0.2) is 0 Å². The van der Waals surface area contributed by atoms with Crippen LogP contribution in [0.15, 0.2) is 12.1 Å². The van der Waals surface area contributed by atoms with Crippen molar-refractivity contribution in [3.05, 3.63) is 12.1 Å². The molecule has 0 saturated heterocycles. The predicted octanol–water partition coefficient (Wildman–Crippen LogP) is 0.344. The monoisotopic (exact) mass is 249 g/mol. The highest BCUT2D eigenvalue weighted by Crippen LogP contribution is 2.09. The van der Waals surface area contributed by atoms with Crippen LogP contribution in [-0.4, -0.2) is 50.9 Å². The van der Waals surface area contributed by atoms with Gasteiger partial charge in [-0.05, 0) is 29.5 Å². The molecule has 0 atom stereocenters. The minimum Gasteiger partial charge on any atom is -0.354 e. The van der Waals surface area contributed by atoms with Gasteiger partial charge >= 0.3 is 0 Å². The summed E-state index contributed by atoms with van der Waals surface area (Å²) in [6.45, 7) is 9.14. The van der Waals surface area contributed by atoms with Crippen molar-refractivity contribution >= 4 is 11.5 Å². The summed E-state index contributed by atoms with van der Waals surface area (Å²) in [7, 11) is 0. The molecule has 2 aromatic heterocycles. The van der Waals surface area contributed by atoms with Crippen molar-refractivity contribution in [1.29, 1.82) is 0 Å². The van der Waals surface area contributed by atoms with Crippen LogP contribution in [0.4, 0.5) is 5.82 Å². The number of rotatable bonds is 6. The highest BCUT2D eigenvalue weighted by atomic mass is 15.6. The normalized spacial score (nSPS) is 11.3. The first kappa shape index (κ1) is 12.7. The highest BCUT2D eigenvalue weighted by molar-refractivity contribution is 5.44. The van der Waals surface area contributed by atoms with E-state index < -0.39 is 0 Å². The van der Waals surface area contributed by atoms with E-state index in [0.29, 0.717) is 11.7 Å². The molecule has 0 radical (unpaired) electrons. The number of nitrogens with one attached hydrogen (secondary N) is 1. The fourth-order valence-corrected chi connectivity index (χ4v) is 1.73. The molecule has 18 heavy (non-hydrogen) atoms. The first-order valence-electron chi connectivity index (χ1n) is 6.24. The van der Waals surface area contributed by atoms with E-state index in [2.05, 4.69) is 51.6 Å². The summed E-state index contributed by atoms with van der Waals surface area (Å²) in [6.07, 6.45) is 0. The largest absolute Gasteiger partial charge is 0.354 e. The summed E-state index contributed by atoms with van der Waals surface area (Å²) in [6, 6.07) is 4.32. The summed E-state index contributed by atoms with van der Waals surface area (Å²) in [4.78, 5) is 2.19. The smallest absolute Gasteiger partial charge is 0.200 e. The fraction of sp³-hybridized carbons (Fsp3) is 0.636. The molecule has 0 bridgehead atoms. The second-order valence-corrected chi connectivity index (χ2v) is 4.41. The zero-order valence-electron chi connectivity index (χ0n) is 11.0. The second kappa shape index (κ2) is 5.72. The van der Waals surface area contributed by atoms with Crippen molar-refractivity contribution in [2.75, 3.05) is 24.5 Å². The first-order chi connectivity index (χ1) is 8.70. The molecule has 0 aromatic carbocycles. The topological polar surface area (TPSA) is 71.2 Å². The third-order valence-electron chi connectivity index (χ3n) is 2.70. The third kappa shape index (κ3) is 2.92. The lowest BCUT2D eigenvalue weighted by molar-refractivity contribution is 0.580. The lowest BCUT2D eigenvalue weighted by Gasteiger charge is -2.22. The molecule has 7 nitrogen and oxygen atoms in total. The Morgan fingerprint density at radius 3 is 2.94 bits per heavy atom. The van der Waals surface area contributed by atoms with Crippen LogP contribution in [-0.2, 0) is 0 Å². The molecular formula is C11H19N7. The van der Waals surface area contributed by atoms with Crippen molar-refractivity contribution in [3.63, 3.8) is 0 Å². The number of hydrogen-bond acceptors (Lipinski definition) is 6. The Balaban J connectivity index is 2.06. The zero-order valence-corrected chi connectivity index (χ0v) is 11.0. The van der Waals surface area contributed by atoms with Gasteiger partial charge in [0.25, 0.3) is 0 Å². The van der Waals surface area contributed by atoms with E-state index in [1.807, 2.05) is 12.1 Å². The van der Waals surface area contributed by atoms with E-state index in [9.17, 15) is 0 Å². The van der Waals surface area contributed by atoms with Crippen LogP contribution in [0, 0.1) is 0 Å². The van der Waals surface area contributed by atoms with E-state index in [4.69, 9.17) is 0 Å². The summed E-state index contributed by atoms with van der Waals surface area (Å²) in [5, 5.41) is 19.0. The summed E-state index contributed by atoms with van der Waals surface area (Å²) in [5.74, 6) is 0.892. The average molecular weight is 249 g/mol. The summed E-state index contributed by atoms with van der Waals surface area (Å²) in [5.41, 5.74) is 0.662. The van der Waals surface area contributed by atoms with Crippen LogP contribution < -0.4 is 10.2 Å². The lowest BCUT2D eigenvalue weighted by Crippen LogP contribution is -2.35. The lowest BCUT2D eigenvalue weighted by atomic mass is 10.3. The van der Waals surface area contributed by atoms with Crippen LogP contribution >= 0.6 is 0 Å². The Hall–Kier alpha value is -1.76. The molecular weight excluding hydrogens is 230 g/mol. The second-order valence-electron chi connectivity index (χ2n) is 4.41. The Morgan fingerprint density at radius 1 is 1.39 bits per heavy atom. The molecule has 0 unspecified atom stereocenters. The van der Waals surface area contributed by atoms with E-state index in [1.165, 1.54) is 4.63 Å².